The van der Waals surface area contributed by atoms with Gasteiger partial charge in [0.25, 0.3) is 0 Å². The highest BCUT2D eigenvalue weighted by atomic mass is 16.6. The predicted molar refractivity (Wildman–Crippen MR) is 69.5 cm³/mol. The molecule has 6 heteroatoms. The van der Waals surface area contributed by atoms with Crippen LogP contribution in [0, 0.1) is 15.5 Å². The van der Waals surface area contributed by atoms with E-state index in [2.05, 4.69) is 10.3 Å². The van der Waals surface area contributed by atoms with Crippen LogP contribution in [0.2, 0.25) is 0 Å². The molecule has 18 heavy (non-hydrogen) atoms. The normalized spacial score (nSPS) is 13.1. The van der Waals surface area contributed by atoms with Gasteiger partial charge in [0.1, 0.15) is 11.9 Å². The molecule has 0 radical (unpaired) electrons. The van der Waals surface area contributed by atoms with Gasteiger partial charge < -0.3 is 20.5 Å². The number of pyridine rings is 1. The summed E-state index contributed by atoms with van der Waals surface area (Å²) in [5.41, 5.74) is 0.266. The molecule has 0 saturated carbocycles. The zero-order valence-electron chi connectivity index (χ0n) is 10.9. The molecule has 1 unspecified atom stereocenters. The average molecular weight is 253 g/mol. The van der Waals surface area contributed by atoms with Crippen LogP contribution < -0.4 is 5.32 Å². The van der Waals surface area contributed by atoms with Crippen molar-refractivity contribution < 1.29 is 10.0 Å². The summed E-state index contributed by atoms with van der Waals surface area (Å²) < 4.78 is 0. The van der Waals surface area contributed by atoms with Crippen molar-refractivity contribution >= 4 is 11.5 Å². The van der Waals surface area contributed by atoms with Gasteiger partial charge in [0, 0.05) is 12.6 Å². The molecule has 1 aromatic rings. The first-order valence-corrected chi connectivity index (χ1v) is 5.83. The van der Waals surface area contributed by atoms with Gasteiger partial charge in [0.15, 0.2) is 0 Å². The lowest BCUT2D eigenvalue weighted by atomic mass is 9.85. The van der Waals surface area contributed by atoms with Crippen molar-refractivity contribution in [3.8, 4) is 0 Å². The Labute approximate surface area is 106 Å². The minimum absolute atomic E-state index is 0.0308. The summed E-state index contributed by atoms with van der Waals surface area (Å²) in [4.78, 5) is 14.1. The lowest BCUT2D eigenvalue weighted by Crippen LogP contribution is -2.35. The molecule has 1 rings (SSSR count). The van der Waals surface area contributed by atoms with Crippen LogP contribution in [0.1, 0.15) is 27.2 Å². The van der Waals surface area contributed by atoms with Gasteiger partial charge in [-0.2, -0.15) is 0 Å². The number of aromatic nitrogens is 1. The number of aliphatic hydroxyl groups excluding tert-OH is 1. The Morgan fingerprint density at radius 1 is 1.56 bits per heavy atom. The van der Waals surface area contributed by atoms with E-state index < -0.39 is 4.92 Å². The van der Waals surface area contributed by atoms with Crippen LogP contribution in [0.4, 0.5) is 11.5 Å². The number of hydrogen-bond donors (Lipinski definition) is 2. The molecule has 0 fully saturated rings. The fourth-order valence-corrected chi connectivity index (χ4v) is 1.69. The molecule has 0 aromatic carbocycles. The monoisotopic (exact) mass is 253 g/mol. The lowest BCUT2D eigenvalue weighted by molar-refractivity contribution is -0.388. The van der Waals surface area contributed by atoms with Gasteiger partial charge in [-0.3, -0.25) is 0 Å². The quantitative estimate of drug-likeness (QED) is 0.620. The standard InChI is InChI=1S/C12H19N3O3/c1-12(2,3)10(6-8-16)14-9-5-4-7-13-11(9)15(17)18/h4-5,7,10,14,16H,6,8H2,1-3H3. The largest absolute Gasteiger partial charge is 0.396 e. The lowest BCUT2D eigenvalue weighted by Gasteiger charge is -2.31. The number of nitrogens with one attached hydrogen (secondary N) is 1. The number of nitro groups is 1. The smallest absolute Gasteiger partial charge is 0.386 e. The Morgan fingerprint density at radius 3 is 2.72 bits per heavy atom. The fraction of sp³-hybridized carbons (Fsp3) is 0.583. The first-order valence-electron chi connectivity index (χ1n) is 5.83. The molecule has 2 N–H and O–H groups in total. The van der Waals surface area contributed by atoms with E-state index >= 15 is 0 Å². The van der Waals surface area contributed by atoms with Crippen molar-refractivity contribution in [2.75, 3.05) is 11.9 Å². The van der Waals surface area contributed by atoms with Crippen molar-refractivity contribution in [1.29, 1.82) is 0 Å². The van der Waals surface area contributed by atoms with Gasteiger partial charge in [0.2, 0.25) is 0 Å². The van der Waals surface area contributed by atoms with Crippen molar-refractivity contribution in [2.45, 2.75) is 33.2 Å². The van der Waals surface area contributed by atoms with E-state index in [0.717, 1.165) is 0 Å². The molecule has 6 nitrogen and oxygen atoms in total. The maximum atomic E-state index is 10.9. The minimum Gasteiger partial charge on any atom is -0.396 e. The summed E-state index contributed by atoms with van der Waals surface area (Å²) in [6, 6.07) is 3.21. The highest BCUT2D eigenvalue weighted by molar-refractivity contribution is 5.57. The molecule has 1 heterocycles. The number of rotatable bonds is 5. The molecular weight excluding hydrogens is 234 g/mol. The first-order chi connectivity index (χ1) is 8.36. The number of aliphatic hydroxyl groups is 1. The number of hydrogen-bond acceptors (Lipinski definition) is 5. The highest BCUT2D eigenvalue weighted by Gasteiger charge is 2.26. The number of anilines is 1. The Kier molecular flexibility index (Phi) is 4.61. The Bertz CT molecular complexity index is 415. The SMILES string of the molecule is CC(C)(C)C(CCO)Nc1cccnc1[N+](=O)[O-]. The maximum Gasteiger partial charge on any atom is 0.386 e. The fourth-order valence-electron chi connectivity index (χ4n) is 1.69. The Morgan fingerprint density at radius 2 is 2.22 bits per heavy atom. The Balaban J connectivity index is 2.97. The van der Waals surface area contributed by atoms with E-state index in [1.807, 2.05) is 20.8 Å². The van der Waals surface area contributed by atoms with Gasteiger partial charge in [-0.05, 0) is 33.9 Å². The van der Waals surface area contributed by atoms with Crippen LogP contribution in [0.5, 0.6) is 0 Å². The molecule has 0 aliphatic heterocycles. The highest BCUT2D eigenvalue weighted by Crippen LogP contribution is 2.28. The zero-order valence-corrected chi connectivity index (χ0v) is 10.9. The second-order valence-electron chi connectivity index (χ2n) is 5.21. The van der Waals surface area contributed by atoms with E-state index in [1.54, 1.807) is 12.1 Å². The maximum absolute atomic E-state index is 10.9. The third-order valence-corrected chi connectivity index (χ3v) is 2.75. The van der Waals surface area contributed by atoms with Gasteiger partial charge in [-0.15, -0.1) is 0 Å². The third kappa shape index (κ3) is 3.66. The molecule has 0 spiro atoms. The van der Waals surface area contributed by atoms with E-state index in [4.69, 9.17) is 5.11 Å². The molecule has 0 aliphatic rings. The minimum atomic E-state index is -0.513. The van der Waals surface area contributed by atoms with Crippen LogP contribution in [-0.4, -0.2) is 27.7 Å². The van der Waals surface area contributed by atoms with E-state index in [0.29, 0.717) is 12.1 Å². The summed E-state index contributed by atoms with van der Waals surface area (Å²) in [6.45, 7) is 6.08. The molecule has 100 valence electrons. The average Bonchev–Trinajstić information content (AvgIpc) is 2.27. The van der Waals surface area contributed by atoms with Crippen molar-refractivity contribution in [2.24, 2.45) is 5.41 Å². The van der Waals surface area contributed by atoms with Crippen LogP contribution in [0.25, 0.3) is 0 Å². The molecule has 1 atom stereocenters. The van der Waals surface area contributed by atoms with E-state index in [1.165, 1.54) is 6.20 Å². The summed E-state index contributed by atoms with van der Waals surface area (Å²) in [6.07, 6.45) is 1.91. The summed E-state index contributed by atoms with van der Waals surface area (Å²) in [7, 11) is 0. The van der Waals surface area contributed by atoms with Crippen molar-refractivity contribution in [1.82, 2.24) is 4.98 Å². The third-order valence-electron chi connectivity index (χ3n) is 2.75. The van der Waals surface area contributed by atoms with E-state index in [-0.39, 0.29) is 23.9 Å². The van der Waals surface area contributed by atoms with E-state index in [9.17, 15) is 10.1 Å². The molecule has 0 bridgehead atoms. The molecular formula is C12H19N3O3. The van der Waals surface area contributed by atoms with Crippen LogP contribution in [0.15, 0.2) is 18.3 Å². The van der Waals surface area contributed by atoms with Crippen LogP contribution >= 0.6 is 0 Å². The second kappa shape index (κ2) is 5.77. The predicted octanol–water partition coefficient (Wildman–Crippen LogP) is 2.20. The van der Waals surface area contributed by atoms with Crippen LogP contribution in [-0.2, 0) is 0 Å². The summed E-state index contributed by atoms with van der Waals surface area (Å²) in [5, 5.41) is 23.0. The number of nitrogens with zero attached hydrogens (tertiary/aromatic N) is 2. The van der Waals surface area contributed by atoms with Gasteiger partial charge >= 0.3 is 5.82 Å². The molecule has 0 aliphatic carbocycles. The molecule has 0 saturated heterocycles. The second-order valence-corrected chi connectivity index (χ2v) is 5.21. The Hall–Kier alpha value is -1.69. The summed E-state index contributed by atoms with van der Waals surface area (Å²) in [5.74, 6) is -0.190. The molecule has 0 amide bonds. The zero-order chi connectivity index (χ0) is 13.8. The van der Waals surface area contributed by atoms with Crippen LogP contribution in [0.3, 0.4) is 0 Å². The first kappa shape index (κ1) is 14.4. The summed E-state index contributed by atoms with van der Waals surface area (Å²) >= 11 is 0. The van der Waals surface area contributed by atoms with Gasteiger partial charge in [-0.25, -0.2) is 0 Å². The van der Waals surface area contributed by atoms with Crippen molar-refractivity contribution in [3.05, 3.63) is 28.4 Å². The molecule has 1 aromatic heterocycles. The van der Waals surface area contributed by atoms with Gasteiger partial charge in [0.05, 0.1) is 0 Å². The van der Waals surface area contributed by atoms with Gasteiger partial charge in [-0.1, -0.05) is 20.8 Å². The topological polar surface area (TPSA) is 88.3 Å². The van der Waals surface area contributed by atoms with Crippen molar-refractivity contribution in [3.63, 3.8) is 0 Å².